The van der Waals surface area contributed by atoms with Gasteiger partial charge in [0.25, 0.3) is 0 Å². The van der Waals surface area contributed by atoms with Gasteiger partial charge in [0, 0.05) is 11.3 Å². The van der Waals surface area contributed by atoms with Gasteiger partial charge in [-0.1, -0.05) is 60.7 Å². The van der Waals surface area contributed by atoms with E-state index in [2.05, 4.69) is 5.32 Å². The number of carbonyl (C=O) groups is 2. The largest absolute Gasteiger partial charge is 0.496 e. The van der Waals surface area contributed by atoms with Crippen molar-refractivity contribution in [1.82, 2.24) is 10.2 Å². The molecule has 3 aromatic carbocycles. The van der Waals surface area contributed by atoms with Gasteiger partial charge >= 0.3 is 12.0 Å². The van der Waals surface area contributed by atoms with Gasteiger partial charge in [-0.05, 0) is 43.2 Å². The van der Waals surface area contributed by atoms with E-state index in [4.69, 9.17) is 9.47 Å². The number of allylic oxidation sites excluding steroid dienone is 1. The molecule has 0 radical (unpaired) electrons. The molecule has 170 valence electrons. The monoisotopic (exact) mass is 444 g/mol. The Morgan fingerprint density at radius 1 is 1.03 bits per heavy atom. The molecule has 0 spiro atoms. The van der Waals surface area contributed by atoms with Crippen LogP contribution in [-0.4, -0.2) is 30.1 Å². The first-order chi connectivity index (χ1) is 15.9. The summed E-state index contributed by atoms with van der Waals surface area (Å²) in [5.41, 5.74) is 2.66. The molecule has 33 heavy (non-hydrogen) atoms. The number of esters is 1. The van der Waals surface area contributed by atoms with Crippen LogP contribution >= 0.6 is 0 Å². The molecule has 0 bridgehead atoms. The Morgan fingerprint density at radius 2 is 1.73 bits per heavy atom. The fourth-order valence-corrected chi connectivity index (χ4v) is 4.25. The first-order valence-corrected chi connectivity index (χ1v) is 11.0. The van der Waals surface area contributed by atoms with Crippen LogP contribution in [0, 0.1) is 0 Å². The SMILES string of the molecule is COc1ccc2ccccc2c1[C@H]1NC(=O)N(Cc2ccccc2)C(C)=C1C(=O)OC(C)C. The maximum absolute atomic E-state index is 13.3. The second kappa shape index (κ2) is 9.36. The van der Waals surface area contributed by atoms with Gasteiger partial charge < -0.3 is 14.8 Å². The van der Waals surface area contributed by atoms with Crippen molar-refractivity contribution in [2.75, 3.05) is 7.11 Å². The molecule has 0 saturated heterocycles. The molecule has 3 aromatic rings. The van der Waals surface area contributed by atoms with Crippen LogP contribution < -0.4 is 10.1 Å². The van der Waals surface area contributed by atoms with Crippen LogP contribution in [0.3, 0.4) is 0 Å². The zero-order valence-electron chi connectivity index (χ0n) is 19.3. The Bertz CT molecular complexity index is 1220. The van der Waals surface area contributed by atoms with Gasteiger partial charge in [-0.2, -0.15) is 0 Å². The van der Waals surface area contributed by atoms with E-state index in [0.29, 0.717) is 23.6 Å². The van der Waals surface area contributed by atoms with E-state index in [1.54, 1.807) is 18.9 Å². The summed E-state index contributed by atoms with van der Waals surface area (Å²) in [4.78, 5) is 28.2. The molecular weight excluding hydrogens is 416 g/mol. The molecule has 0 fully saturated rings. The predicted molar refractivity (Wildman–Crippen MR) is 128 cm³/mol. The van der Waals surface area contributed by atoms with Crippen LogP contribution in [-0.2, 0) is 16.1 Å². The van der Waals surface area contributed by atoms with Crippen LogP contribution in [0.5, 0.6) is 5.75 Å². The number of hydrogen-bond donors (Lipinski definition) is 1. The van der Waals surface area contributed by atoms with Gasteiger partial charge in [-0.25, -0.2) is 9.59 Å². The molecule has 0 aromatic heterocycles. The summed E-state index contributed by atoms with van der Waals surface area (Å²) in [5, 5.41) is 4.95. The zero-order chi connectivity index (χ0) is 23.5. The second-order valence-electron chi connectivity index (χ2n) is 8.31. The molecule has 0 saturated carbocycles. The number of hydrogen-bond acceptors (Lipinski definition) is 4. The maximum Gasteiger partial charge on any atom is 0.338 e. The quantitative estimate of drug-likeness (QED) is 0.521. The lowest BCUT2D eigenvalue weighted by Gasteiger charge is -2.36. The molecule has 2 amide bonds. The first kappa shape index (κ1) is 22.4. The molecule has 6 heteroatoms. The molecule has 1 aliphatic heterocycles. The highest BCUT2D eigenvalue weighted by molar-refractivity contribution is 5.98. The van der Waals surface area contributed by atoms with Crippen molar-refractivity contribution in [2.45, 2.75) is 39.5 Å². The average molecular weight is 445 g/mol. The molecule has 4 rings (SSSR count). The minimum Gasteiger partial charge on any atom is -0.496 e. The maximum atomic E-state index is 13.3. The molecule has 1 heterocycles. The Kier molecular flexibility index (Phi) is 6.36. The number of benzene rings is 3. The van der Waals surface area contributed by atoms with Gasteiger partial charge in [0.2, 0.25) is 0 Å². The molecule has 1 aliphatic rings. The number of ether oxygens (including phenoxy) is 2. The lowest BCUT2D eigenvalue weighted by molar-refractivity contribution is -0.143. The highest BCUT2D eigenvalue weighted by Gasteiger charge is 2.38. The molecule has 1 atom stereocenters. The minimum atomic E-state index is -0.711. The molecule has 0 aliphatic carbocycles. The number of nitrogens with zero attached hydrogens (tertiary/aromatic N) is 1. The molecule has 1 N–H and O–H groups in total. The van der Waals surface area contributed by atoms with Crippen molar-refractivity contribution in [1.29, 1.82) is 0 Å². The van der Waals surface area contributed by atoms with Crippen molar-refractivity contribution < 1.29 is 19.1 Å². The van der Waals surface area contributed by atoms with Gasteiger partial charge in [-0.3, -0.25) is 4.90 Å². The number of nitrogens with one attached hydrogen (secondary N) is 1. The summed E-state index contributed by atoms with van der Waals surface area (Å²) in [6.45, 7) is 5.76. The second-order valence-corrected chi connectivity index (χ2v) is 8.31. The van der Waals surface area contributed by atoms with Gasteiger partial charge in [0.05, 0.1) is 31.4 Å². The van der Waals surface area contributed by atoms with E-state index in [-0.39, 0.29) is 12.1 Å². The standard InChI is InChI=1S/C27H28N2O4/c1-17(2)33-26(30)23-18(3)29(16-19-10-6-5-7-11-19)27(31)28-25(23)24-21-13-9-8-12-20(21)14-15-22(24)32-4/h5-15,17,25H,16H2,1-4H3,(H,28,31)/t25-/m0/s1. The van der Waals surface area contributed by atoms with Crippen molar-refractivity contribution in [3.8, 4) is 5.75 Å². The summed E-state index contributed by atoms with van der Waals surface area (Å²) in [6.07, 6.45) is -0.298. The fraction of sp³-hybridized carbons (Fsp3) is 0.259. The minimum absolute atomic E-state index is 0.280. The van der Waals surface area contributed by atoms with Gasteiger partial charge in [0.15, 0.2) is 0 Å². The third-order valence-corrected chi connectivity index (χ3v) is 5.78. The predicted octanol–water partition coefficient (Wildman–Crippen LogP) is 5.34. The van der Waals surface area contributed by atoms with E-state index in [0.717, 1.165) is 21.9 Å². The summed E-state index contributed by atoms with van der Waals surface area (Å²) in [7, 11) is 1.59. The highest BCUT2D eigenvalue weighted by atomic mass is 16.5. The van der Waals surface area contributed by atoms with Crippen molar-refractivity contribution in [3.63, 3.8) is 0 Å². The van der Waals surface area contributed by atoms with Crippen LogP contribution in [0.25, 0.3) is 10.8 Å². The van der Waals surface area contributed by atoms with E-state index >= 15 is 0 Å². The summed E-state index contributed by atoms with van der Waals surface area (Å²) in [5.74, 6) is 0.138. The lowest BCUT2D eigenvalue weighted by Crippen LogP contribution is -2.48. The van der Waals surface area contributed by atoms with Gasteiger partial charge in [0.1, 0.15) is 5.75 Å². The van der Waals surface area contributed by atoms with Crippen molar-refractivity contribution in [3.05, 3.63) is 89.1 Å². The summed E-state index contributed by atoms with van der Waals surface area (Å²) in [6, 6.07) is 20.4. The summed E-state index contributed by atoms with van der Waals surface area (Å²) < 4.78 is 11.3. The van der Waals surface area contributed by atoms with E-state index < -0.39 is 12.0 Å². The Morgan fingerprint density at radius 3 is 2.42 bits per heavy atom. The van der Waals surface area contributed by atoms with Crippen LogP contribution in [0.2, 0.25) is 0 Å². The van der Waals surface area contributed by atoms with Crippen LogP contribution in [0.4, 0.5) is 4.79 Å². The van der Waals surface area contributed by atoms with Crippen LogP contribution in [0.1, 0.15) is 37.9 Å². The fourth-order valence-electron chi connectivity index (χ4n) is 4.25. The normalized spacial score (nSPS) is 16.2. The van der Waals surface area contributed by atoms with Crippen molar-refractivity contribution in [2.24, 2.45) is 0 Å². The number of carbonyl (C=O) groups excluding carboxylic acids is 2. The van der Waals surface area contributed by atoms with Crippen molar-refractivity contribution >= 4 is 22.8 Å². The summed E-state index contributed by atoms with van der Waals surface area (Å²) >= 11 is 0. The third-order valence-electron chi connectivity index (χ3n) is 5.78. The number of urea groups is 1. The number of methoxy groups -OCH3 is 1. The Labute approximate surface area is 193 Å². The number of amides is 2. The third kappa shape index (κ3) is 4.42. The van der Waals surface area contributed by atoms with Crippen LogP contribution in [0.15, 0.2) is 78.0 Å². The molecule has 0 unspecified atom stereocenters. The zero-order valence-corrected chi connectivity index (χ0v) is 19.3. The number of rotatable bonds is 6. The Hall–Kier alpha value is -3.80. The Balaban J connectivity index is 1.89. The lowest BCUT2D eigenvalue weighted by atomic mass is 9.90. The van der Waals surface area contributed by atoms with E-state index in [1.807, 2.05) is 80.6 Å². The topological polar surface area (TPSA) is 67.9 Å². The first-order valence-electron chi connectivity index (χ1n) is 11.0. The molecular formula is C27H28N2O4. The highest BCUT2D eigenvalue weighted by Crippen LogP contribution is 2.40. The molecule has 6 nitrogen and oxygen atoms in total. The number of fused-ring (bicyclic) bond motifs is 1. The van der Waals surface area contributed by atoms with E-state index in [1.165, 1.54) is 0 Å². The smallest absolute Gasteiger partial charge is 0.338 e. The van der Waals surface area contributed by atoms with E-state index in [9.17, 15) is 9.59 Å². The van der Waals surface area contributed by atoms with Gasteiger partial charge in [-0.15, -0.1) is 0 Å². The average Bonchev–Trinajstić information content (AvgIpc) is 2.80.